The first-order valence-corrected chi connectivity index (χ1v) is 8.32. The van der Waals surface area contributed by atoms with E-state index in [0.29, 0.717) is 13.0 Å². The van der Waals surface area contributed by atoms with Crippen LogP contribution in [0.25, 0.3) is 0 Å². The van der Waals surface area contributed by atoms with Crippen molar-refractivity contribution < 1.29 is 9.59 Å². The summed E-state index contributed by atoms with van der Waals surface area (Å²) in [5.74, 6) is -0.0772. The van der Waals surface area contributed by atoms with Gasteiger partial charge in [-0.1, -0.05) is 30.3 Å². The van der Waals surface area contributed by atoms with Crippen molar-refractivity contribution in [1.29, 1.82) is 0 Å². The summed E-state index contributed by atoms with van der Waals surface area (Å²) in [7, 11) is 0. The van der Waals surface area contributed by atoms with Gasteiger partial charge in [-0.25, -0.2) is 0 Å². The zero-order valence-corrected chi connectivity index (χ0v) is 12.9. The molecule has 21 heavy (non-hydrogen) atoms. The van der Waals surface area contributed by atoms with Crippen LogP contribution in [0.1, 0.15) is 18.4 Å². The molecular formula is C16H20N2O2S. The molecule has 0 spiro atoms. The highest BCUT2D eigenvalue weighted by atomic mass is 32.2. The van der Waals surface area contributed by atoms with Crippen LogP contribution in [-0.4, -0.2) is 35.7 Å². The molecule has 112 valence electrons. The number of hydrogen-bond acceptors (Lipinski definition) is 3. The lowest BCUT2D eigenvalue weighted by Gasteiger charge is -2.25. The van der Waals surface area contributed by atoms with Gasteiger partial charge in [0.2, 0.25) is 11.8 Å². The van der Waals surface area contributed by atoms with Gasteiger partial charge in [-0.15, -0.1) is 11.8 Å². The number of nitrogens with zero attached hydrogens (tertiary/aromatic N) is 1. The fraction of sp³-hybridized carbons (Fsp3) is 0.375. The van der Waals surface area contributed by atoms with E-state index < -0.39 is 0 Å². The highest BCUT2D eigenvalue weighted by Gasteiger charge is 2.29. The second-order valence-corrected chi connectivity index (χ2v) is 5.70. The van der Waals surface area contributed by atoms with Crippen LogP contribution in [0.3, 0.4) is 0 Å². The molecule has 0 saturated carbocycles. The highest BCUT2D eigenvalue weighted by molar-refractivity contribution is 8.01. The molecule has 1 saturated heterocycles. The van der Waals surface area contributed by atoms with E-state index in [9.17, 15) is 9.59 Å². The van der Waals surface area contributed by atoms with Gasteiger partial charge >= 0.3 is 0 Å². The predicted molar refractivity (Wildman–Crippen MR) is 85.7 cm³/mol. The Bertz CT molecular complexity index is 516. The van der Waals surface area contributed by atoms with Gasteiger partial charge in [-0.2, -0.15) is 0 Å². The molecule has 1 aliphatic heterocycles. The molecule has 0 radical (unpaired) electrons. The summed E-state index contributed by atoms with van der Waals surface area (Å²) in [5.41, 5.74) is 1.00. The van der Waals surface area contributed by atoms with E-state index in [2.05, 4.69) is 5.32 Å². The van der Waals surface area contributed by atoms with Crippen molar-refractivity contribution in [1.82, 2.24) is 10.2 Å². The van der Waals surface area contributed by atoms with E-state index >= 15 is 0 Å². The van der Waals surface area contributed by atoms with Crippen molar-refractivity contribution in [3.8, 4) is 0 Å². The Morgan fingerprint density at radius 1 is 1.38 bits per heavy atom. The number of carbonyl (C=O) groups excluding carboxylic acids is 2. The Hall–Kier alpha value is -1.75. The molecular weight excluding hydrogens is 284 g/mol. The van der Waals surface area contributed by atoms with Gasteiger partial charge in [0.1, 0.15) is 6.17 Å². The molecule has 1 aromatic carbocycles. The summed E-state index contributed by atoms with van der Waals surface area (Å²) in [5, 5.41) is 4.63. The van der Waals surface area contributed by atoms with E-state index in [-0.39, 0.29) is 18.0 Å². The van der Waals surface area contributed by atoms with E-state index in [1.54, 1.807) is 10.3 Å². The molecule has 0 aromatic heterocycles. The molecule has 1 aliphatic rings. The molecule has 1 N–H and O–H groups in total. The fourth-order valence-corrected chi connectivity index (χ4v) is 2.69. The zero-order chi connectivity index (χ0) is 15.1. The molecule has 0 bridgehead atoms. The Balaban J connectivity index is 1.93. The number of carbonyl (C=O) groups is 2. The van der Waals surface area contributed by atoms with Gasteiger partial charge < -0.3 is 10.2 Å². The number of amides is 2. The van der Waals surface area contributed by atoms with Crippen LogP contribution in [0.4, 0.5) is 0 Å². The van der Waals surface area contributed by atoms with Crippen molar-refractivity contribution in [2.24, 2.45) is 0 Å². The minimum atomic E-state index is -0.180. The SMILES string of the molecule is CSC=CC(=O)N[C@@H]1CCCN1C(=O)Cc1ccccc1. The van der Waals surface area contributed by atoms with E-state index in [4.69, 9.17) is 0 Å². The lowest BCUT2D eigenvalue weighted by molar-refractivity contribution is -0.132. The van der Waals surface area contributed by atoms with Gasteiger partial charge in [-0.3, -0.25) is 9.59 Å². The minimum absolute atomic E-state index is 0.0675. The van der Waals surface area contributed by atoms with Gasteiger partial charge in [0.05, 0.1) is 6.42 Å². The summed E-state index contributed by atoms with van der Waals surface area (Å²) < 4.78 is 0. The van der Waals surface area contributed by atoms with Gasteiger partial charge in [-0.05, 0) is 30.1 Å². The number of benzene rings is 1. The summed E-state index contributed by atoms with van der Waals surface area (Å²) in [6.45, 7) is 0.711. The molecule has 5 heteroatoms. The Labute approximate surface area is 129 Å². The molecule has 2 rings (SSSR count). The predicted octanol–water partition coefficient (Wildman–Crippen LogP) is 2.17. The van der Waals surface area contributed by atoms with Crippen LogP contribution < -0.4 is 5.32 Å². The maximum atomic E-state index is 12.4. The number of thioether (sulfide) groups is 1. The lowest BCUT2D eigenvalue weighted by Crippen LogP contribution is -2.47. The van der Waals surface area contributed by atoms with Gasteiger partial charge in [0, 0.05) is 12.6 Å². The first-order valence-electron chi connectivity index (χ1n) is 7.04. The van der Waals surface area contributed by atoms with Crippen LogP contribution in [0, 0.1) is 0 Å². The summed E-state index contributed by atoms with van der Waals surface area (Å²) in [6.07, 6.45) is 5.35. The Morgan fingerprint density at radius 2 is 2.14 bits per heavy atom. The normalized spacial score (nSPS) is 18.1. The fourth-order valence-electron chi connectivity index (χ4n) is 2.43. The number of rotatable bonds is 5. The topological polar surface area (TPSA) is 49.4 Å². The maximum absolute atomic E-state index is 12.4. The van der Waals surface area contributed by atoms with E-state index in [1.165, 1.54) is 17.8 Å². The van der Waals surface area contributed by atoms with Crippen molar-refractivity contribution in [3.63, 3.8) is 0 Å². The quantitative estimate of drug-likeness (QED) is 0.848. The second-order valence-electron chi connectivity index (χ2n) is 4.95. The second kappa shape index (κ2) is 7.88. The van der Waals surface area contributed by atoms with Gasteiger partial charge in [0.15, 0.2) is 0 Å². The smallest absolute Gasteiger partial charge is 0.246 e. The van der Waals surface area contributed by atoms with Gasteiger partial charge in [0.25, 0.3) is 0 Å². The average molecular weight is 304 g/mol. The molecule has 1 atom stereocenters. The molecule has 0 unspecified atom stereocenters. The molecule has 1 fully saturated rings. The third-order valence-corrected chi connectivity index (χ3v) is 3.84. The van der Waals surface area contributed by atoms with Crippen molar-refractivity contribution >= 4 is 23.6 Å². The number of likely N-dealkylation sites (tertiary alicyclic amines) is 1. The van der Waals surface area contributed by atoms with Crippen LogP contribution in [0.2, 0.25) is 0 Å². The average Bonchev–Trinajstić information content (AvgIpc) is 2.94. The maximum Gasteiger partial charge on any atom is 0.246 e. The van der Waals surface area contributed by atoms with Crippen molar-refractivity contribution in [2.45, 2.75) is 25.4 Å². The van der Waals surface area contributed by atoms with Crippen molar-refractivity contribution in [3.05, 3.63) is 47.4 Å². The van der Waals surface area contributed by atoms with E-state index in [0.717, 1.165) is 18.4 Å². The summed E-state index contributed by atoms with van der Waals surface area (Å²) in [4.78, 5) is 25.9. The monoisotopic (exact) mass is 304 g/mol. The molecule has 1 aromatic rings. The Morgan fingerprint density at radius 3 is 2.86 bits per heavy atom. The Kier molecular flexibility index (Phi) is 5.87. The largest absolute Gasteiger partial charge is 0.332 e. The van der Waals surface area contributed by atoms with E-state index in [1.807, 2.05) is 36.6 Å². The summed E-state index contributed by atoms with van der Waals surface area (Å²) >= 11 is 1.47. The zero-order valence-electron chi connectivity index (χ0n) is 12.1. The van der Waals surface area contributed by atoms with Crippen LogP contribution in [-0.2, 0) is 16.0 Å². The first-order chi connectivity index (χ1) is 10.2. The molecule has 4 nitrogen and oxygen atoms in total. The number of hydrogen-bond donors (Lipinski definition) is 1. The molecule has 1 heterocycles. The van der Waals surface area contributed by atoms with Crippen molar-refractivity contribution in [2.75, 3.05) is 12.8 Å². The first kappa shape index (κ1) is 15.6. The summed E-state index contributed by atoms with van der Waals surface area (Å²) in [6, 6.07) is 9.69. The third kappa shape index (κ3) is 4.63. The number of nitrogens with one attached hydrogen (secondary N) is 1. The standard InChI is InChI=1S/C16H20N2O2S/c1-21-11-9-15(19)17-14-8-5-10-18(14)16(20)12-13-6-3-2-4-7-13/h2-4,6-7,9,11,14H,5,8,10,12H2,1H3,(H,17,19)/t14-/m0/s1. The minimum Gasteiger partial charge on any atom is -0.332 e. The van der Waals surface area contributed by atoms with Crippen LogP contribution in [0.5, 0.6) is 0 Å². The van der Waals surface area contributed by atoms with Crippen LogP contribution >= 0.6 is 11.8 Å². The molecule has 0 aliphatic carbocycles. The third-order valence-electron chi connectivity index (χ3n) is 3.44. The lowest BCUT2D eigenvalue weighted by atomic mass is 10.1. The molecule has 2 amide bonds. The highest BCUT2D eigenvalue weighted by Crippen LogP contribution is 2.17. The van der Waals surface area contributed by atoms with Crippen LogP contribution in [0.15, 0.2) is 41.8 Å².